The van der Waals surface area contributed by atoms with Crippen LogP contribution in [0.4, 0.5) is 0 Å². The Morgan fingerprint density at radius 3 is 2.57 bits per heavy atom. The molecule has 0 bridgehead atoms. The summed E-state index contributed by atoms with van der Waals surface area (Å²) in [5.41, 5.74) is 1.89. The summed E-state index contributed by atoms with van der Waals surface area (Å²) in [5, 5.41) is 15.6. The van der Waals surface area contributed by atoms with Gasteiger partial charge in [-0.1, -0.05) is 6.07 Å². The van der Waals surface area contributed by atoms with Crippen molar-refractivity contribution in [2.24, 2.45) is 0 Å². The molecule has 4 rings (SSSR count). The van der Waals surface area contributed by atoms with Gasteiger partial charge in [0, 0.05) is 43.4 Å². The Kier molecular flexibility index (Phi) is 5.81. The number of imidazole rings is 2. The molecule has 4 heterocycles. The summed E-state index contributed by atoms with van der Waals surface area (Å²) in [6, 6.07) is 3.39. The van der Waals surface area contributed by atoms with Crippen molar-refractivity contribution in [3.05, 3.63) is 58.8 Å². The highest BCUT2D eigenvalue weighted by Gasteiger charge is 2.39. The number of H-pyrrole nitrogens is 2. The van der Waals surface area contributed by atoms with Crippen molar-refractivity contribution < 1.29 is 14.6 Å². The van der Waals surface area contributed by atoms with Gasteiger partial charge in [-0.05, 0) is 11.4 Å². The largest absolute Gasteiger partial charge is 0.389 e. The second-order valence-electron chi connectivity index (χ2n) is 6.68. The number of rotatable bonds is 8. The van der Waals surface area contributed by atoms with Gasteiger partial charge in [-0.25, -0.2) is 9.97 Å². The van der Waals surface area contributed by atoms with E-state index in [0.717, 1.165) is 11.4 Å². The Balaban J connectivity index is 1.39. The highest BCUT2D eigenvalue weighted by atomic mass is 32.1. The monoisotopic (exact) mass is 402 g/mol. The Hall–Kier alpha value is -2.53. The molecule has 0 unspecified atom stereocenters. The van der Waals surface area contributed by atoms with E-state index in [1.54, 1.807) is 31.1 Å². The highest BCUT2D eigenvalue weighted by Crippen LogP contribution is 2.23. The van der Waals surface area contributed by atoms with Crippen LogP contribution in [0.5, 0.6) is 0 Å². The van der Waals surface area contributed by atoms with Crippen LogP contribution in [-0.2, 0) is 17.8 Å². The van der Waals surface area contributed by atoms with Gasteiger partial charge in [0.2, 0.25) is 0 Å². The number of ether oxygens (including phenoxy) is 1. The molecule has 0 radical (unpaired) electrons. The lowest BCUT2D eigenvalue weighted by Gasteiger charge is -2.29. The first-order valence-corrected chi connectivity index (χ1v) is 9.88. The quantitative estimate of drug-likeness (QED) is 0.442. The molecule has 0 aromatic carbocycles. The lowest BCUT2D eigenvalue weighted by Crippen LogP contribution is -2.46. The number of nitrogens with zero attached hydrogens (tertiary/aromatic N) is 3. The highest BCUT2D eigenvalue weighted by molar-refractivity contribution is 7.12. The first-order chi connectivity index (χ1) is 13.7. The van der Waals surface area contributed by atoms with Crippen molar-refractivity contribution in [3.8, 4) is 0 Å². The van der Waals surface area contributed by atoms with Gasteiger partial charge in [-0.3, -0.25) is 9.69 Å². The molecule has 3 aromatic heterocycles. The van der Waals surface area contributed by atoms with E-state index in [-0.39, 0.29) is 18.5 Å². The Labute approximate surface area is 165 Å². The summed E-state index contributed by atoms with van der Waals surface area (Å²) in [7, 11) is 0. The third kappa shape index (κ3) is 4.30. The number of nitrogens with one attached hydrogen (secondary N) is 3. The smallest absolute Gasteiger partial charge is 0.261 e. The predicted molar refractivity (Wildman–Crippen MR) is 103 cm³/mol. The fourth-order valence-electron chi connectivity index (χ4n) is 3.33. The zero-order valence-electron chi connectivity index (χ0n) is 15.1. The average Bonchev–Trinajstić information content (AvgIpc) is 3.47. The van der Waals surface area contributed by atoms with Gasteiger partial charge in [0.25, 0.3) is 5.91 Å². The molecule has 1 fully saturated rings. The third-order valence-corrected chi connectivity index (χ3v) is 5.66. The van der Waals surface area contributed by atoms with Crippen LogP contribution in [0.25, 0.3) is 0 Å². The minimum atomic E-state index is -0.727. The second kappa shape index (κ2) is 8.65. The van der Waals surface area contributed by atoms with Crippen molar-refractivity contribution in [2.75, 3.05) is 13.2 Å². The molecule has 28 heavy (non-hydrogen) atoms. The molecule has 3 atom stereocenters. The Morgan fingerprint density at radius 1 is 1.29 bits per heavy atom. The maximum absolute atomic E-state index is 12.1. The van der Waals surface area contributed by atoms with Crippen LogP contribution in [-0.4, -0.2) is 67.3 Å². The normalized spacial score (nSPS) is 22.0. The average molecular weight is 402 g/mol. The van der Waals surface area contributed by atoms with Gasteiger partial charge >= 0.3 is 0 Å². The minimum Gasteiger partial charge on any atom is -0.389 e. The molecular weight excluding hydrogens is 380 g/mol. The number of hydrogen-bond donors (Lipinski definition) is 4. The Morgan fingerprint density at radius 2 is 2.00 bits per heavy atom. The van der Waals surface area contributed by atoms with Crippen LogP contribution < -0.4 is 5.32 Å². The molecule has 1 aliphatic heterocycles. The van der Waals surface area contributed by atoms with Crippen LogP contribution in [0.2, 0.25) is 0 Å². The first kappa shape index (κ1) is 18.8. The molecule has 10 heteroatoms. The van der Waals surface area contributed by atoms with Crippen molar-refractivity contribution in [1.82, 2.24) is 30.2 Å². The lowest BCUT2D eigenvalue weighted by molar-refractivity contribution is 0.0297. The minimum absolute atomic E-state index is 0.152. The predicted octanol–water partition coefficient (Wildman–Crippen LogP) is 0.755. The molecular formula is C18H22N6O3S. The van der Waals surface area contributed by atoms with E-state index < -0.39 is 12.2 Å². The third-order valence-electron chi connectivity index (χ3n) is 4.79. The van der Waals surface area contributed by atoms with E-state index in [2.05, 4.69) is 30.2 Å². The summed E-state index contributed by atoms with van der Waals surface area (Å²) in [5.74, 6) is -0.152. The van der Waals surface area contributed by atoms with Crippen molar-refractivity contribution >= 4 is 17.2 Å². The van der Waals surface area contributed by atoms with E-state index >= 15 is 0 Å². The van der Waals surface area contributed by atoms with E-state index in [0.29, 0.717) is 24.6 Å². The van der Waals surface area contributed by atoms with Gasteiger partial charge in [-0.15, -0.1) is 11.3 Å². The summed E-state index contributed by atoms with van der Waals surface area (Å²) in [4.78, 5) is 29.2. The molecule has 1 saturated heterocycles. The van der Waals surface area contributed by atoms with E-state index in [4.69, 9.17) is 4.74 Å². The Bertz CT molecular complexity index is 816. The fraction of sp³-hybridized carbons (Fsp3) is 0.389. The van der Waals surface area contributed by atoms with E-state index in [9.17, 15) is 9.90 Å². The maximum Gasteiger partial charge on any atom is 0.261 e. The molecule has 4 N–H and O–H groups in total. The number of amides is 1. The van der Waals surface area contributed by atoms with Gasteiger partial charge in [-0.2, -0.15) is 0 Å². The SMILES string of the molecule is O=C(NC[C@H]1OC[C@@H](N(Cc2cnc[nH]2)Cc2cnc[nH]2)[C@@H]1O)c1cccs1. The topological polar surface area (TPSA) is 119 Å². The maximum atomic E-state index is 12.1. The molecule has 1 amide bonds. The van der Waals surface area contributed by atoms with Gasteiger partial charge in [0.05, 0.1) is 36.3 Å². The number of carbonyl (C=O) groups excluding carboxylic acids is 1. The standard InChI is InChI=1S/C18H22N6O3S/c25-17-14(9-27-15(17)6-21-18(26)16-2-1-3-28-16)24(7-12-4-19-10-22-12)8-13-5-20-11-23-13/h1-5,10-11,14-15,17,25H,6-9H2,(H,19,22)(H,20,23)(H,21,26)/t14-,15-,17+/m1/s1. The second-order valence-corrected chi connectivity index (χ2v) is 7.62. The molecule has 0 spiro atoms. The van der Waals surface area contributed by atoms with Crippen molar-refractivity contribution in [3.63, 3.8) is 0 Å². The number of aliphatic hydroxyl groups excluding tert-OH is 1. The molecule has 9 nitrogen and oxygen atoms in total. The number of carbonyl (C=O) groups is 1. The summed E-state index contributed by atoms with van der Waals surface area (Å²) in [6.07, 6.45) is 5.61. The number of aliphatic hydroxyl groups is 1. The van der Waals surface area contributed by atoms with Crippen LogP contribution in [0.3, 0.4) is 0 Å². The molecule has 1 aliphatic rings. The summed E-state index contributed by atoms with van der Waals surface area (Å²) in [6.45, 7) is 1.80. The van der Waals surface area contributed by atoms with Gasteiger partial charge in [0.1, 0.15) is 6.10 Å². The van der Waals surface area contributed by atoms with Crippen LogP contribution in [0.15, 0.2) is 42.6 Å². The summed E-state index contributed by atoms with van der Waals surface area (Å²) < 4.78 is 5.81. The molecule has 3 aromatic rings. The van der Waals surface area contributed by atoms with Crippen molar-refractivity contribution in [1.29, 1.82) is 0 Å². The molecule has 0 saturated carbocycles. The number of hydrogen-bond acceptors (Lipinski definition) is 7. The van der Waals surface area contributed by atoms with Gasteiger partial charge < -0.3 is 25.1 Å². The number of thiophene rings is 1. The van der Waals surface area contributed by atoms with E-state index in [1.807, 2.05) is 11.4 Å². The molecule has 0 aliphatic carbocycles. The van der Waals surface area contributed by atoms with Crippen LogP contribution in [0.1, 0.15) is 21.1 Å². The zero-order valence-corrected chi connectivity index (χ0v) is 15.9. The van der Waals surface area contributed by atoms with Crippen LogP contribution in [0, 0.1) is 0 Å². The van der Waals surface area contributed by atoms with Gasteiger partial charge in [0.15, 0.2) is 0 Å². The van der Waals surface area contributed by atoms with Crippen molar-refractivity contribution in [2.45, 2.75) is 31.3 Å². The number of aromatic nitrogens is 4. The summed E-state index contributed by atoms with van der Waals surface area (Å²) >= 11 is 1.38. The zero-order chi connectivity index (χ0) is 19.3. The van der Waals surface area contributed by atoms with Crippen LogP contribution >= 0.6 is 11.3 Å². The first-order valence-electron chi connectivity index (χ1n) is 9.00. The fourth-order valence-corrected chi connectivity index (χ4v) is 3.97. The van der Waals surface area contributed by atoms with E-state index in [1.165, 1.54) is 11.3 Å². The lowest BCUT2D eigenvalue weighted by atomic mass is 10.1. The number of aromatic amines is 2. The molecule has 148 valence electrons.